The van der Waals surface area contributed by atoms with Gasteiger partial charge in [0.2, 0.25) is 0 Å². The second kappa shape index (κ2) is 3.68. The van der Waals surface area contributed by atoms with Crippen LogP contribution >= 0.6 is 11.6 Å². The largest absolute Gasteiger partial charge is 0.257 e. The highest BCUT2D eigenvalue weighted by Crippen LogP contribution is 2.25. The van der Waals surface area contributed by atoms with Crippen LogP contribution in [-0.2, 0) is 0 Å². The highest BCUT2D eigenvalue weighted by molar-refractivity contribution is 6.33. The molecule has 0 N–H and O–H groups in total. The van der Waals surface area contributed by atoms with E-state index in [9.17, 15) is 4.39 Å². The number of aliphatic imine (C=N–C) groups is 1. The molecule has 1 aromatic rings. The van der Waals surface area contributed by atoms with Crippen molar-refractivity contribution in [2.75, 3.05) is 0 Å². The smallest absolute Gasteiger partial charge is 0.124 e. The van der Waals surface area contributed by atoms with Crippen molar-refractivity contribution < 1.29 is 4.39 Å². The molecule has 0 aliphatic heterocycles. The molecule has 0 bridgehead atoms. The average Bonchev–Trinajstić information content (AvgIpc) is 1.94. The van der Waals surface area contributed by atoms with E-state index in [2.05, 4.69) is 4.99 Å². The Balaban J connectivity index is 3.10. The van der Waals surface area contributed by atoms with Crippen LogP contribution in [-0.4, -0.2) is 5.71 Å². The summed E-state index contributed by atoms with van der Waals surface area (Å²) in [5.74, 6) is -0.340. The van der Waals surface area contributed by atoms with Crippen LogP contribution in [0.25, 0.3) is 0 Å². The molecule has 1 nitrogen and oxygen atoms in total. The van der Waals surface area contributed by atoms with Crippen LogP contribution in [0.5, 0.6) is 0 Å². The minimum Gasteiger partial charge on any atom is -0.257 e. The summed E-state index contributed by atoms with van der Waals surface area (Å²) < 4.78 is 12.6. The molecule has 64 valence electrons. The Kier molecular flexibility index (Phi) is 2.82. The zero-order valence-corrected chi connectivity index (χ0v) is 7.69. The molecule has 0 unspecified atom stereocenters. The molecule has 0 amide bonds. The normalized spacial score (nSPS) is 9.67. The Bertz CT molecular complexity index is 316. The maximum absolute atomic E-state index is 12.6. The van der Waals surface area contributed by atoms with Crippen LogP contribution in [0, 0.1) is 5.82 Å². The maximum Gasteiger partial charge on any atom is 0.124 e. The number of hydrogen-bond donors (Lipinski definition) is 0. The topological polar surface area (TPSA) is 12.4 Å². The van der Waals surface area contributed by atoms with Gasteiger partial charge in [0.05, 0.1) is 10.7 Å². The van der Waals surface area contributed by atoms with Crippen LogP contribution in [0.4, 0.5) is 10.1 Å². The number of rotatable bonds is 1. The third kappa shape index (κ3) is 2.31. The summed E-state index contributed by atoms with van der Waals surface area (Å²) >= 11 is 5.73. The van der Waals surface area contributed by atoms with Crippen molar-refractivity contribution in [2.45, 2.75) is 13.8 Å². The molecule has 0 saturated carbocycles. The molecule has 0 spiro atoms. The monoisotopic (exact) mass is 185 g/mol. The maximum atomic E-state index is 12.6. The fourth-order valence-corrected chi connectivity index (χ4v) is 1.02. The van der Waals surface area contributed by atoms with Crippen LogP contribution in [0.2, 0.25) is 5.02 Å². The lowest BCUT2D eigenvalue weighted by atomic mass is 10.3. The van der Waals surface area contributed by atoms with E-state index >= 15 is 0 Å². The van der Waals surface area contributed by atoms with Gasteiger partial charge in [-0.1, -0.05) is 11.6 Å². The van der Waals surface area contributed by atoms with E-state index in [1.807, 2.05) is 13.8 Å². The zero-order chi connectivity index (χ0) is 9.14. The lowest BCUT2D eigenvalue weighted by molar-refractivity contribution is 0.628. The Morgan fingerprint density at radius 2 is 2.08 bits per heavy atom. The van der Waals surface area contributed by atoms with E-state index < -0.39 is 0 Å². The van der Waals surface area contributed by atoms with Crippen LogP contribution in [0.1, 0.15) is 13.8 Å². The first-order valence-electron chi connectivity index (χ1n) is 3.56. The minimum absolute atomic E-state index is 0.340. The highest BCUT2D eigenvalue weighted by Gasteiger charge is 1.99. The van der Waals surface area contributed by atoms with Gasteiger partial charge in [-0.05, 0) is 32.0 Å². The average molecular weight is 186 g/mol. The van der Waals surface area contributed by atoms with E-state index in [-0.39, 0.29) is 5.82 Å². The van der Waals surface area contributed by atoms with Gasteiger partial charge in [0.25, 0.3) is 0 Å². The molecule has 1 aromatic carbocycles. The zero-order valence-electron chi connectivity index (χ0n) is 6.94. The van der Waals surface area contributed by atoms with Crippen LogP contribution in [0.3, 0.4) is 0 Å². The quantitative estimate of drug-likeness (QED) is 0.593. The SMILES string of the molecule is CC(C)=Nc1ccc(F)cc1Cl. The van der Waals surface area contributed by atoms with Crippen molar-refractivity contribution in [1.29, 1.82) is 0 Å². The van der Waals surface area contributed by atoms with E-state index in [4.69, 9.17) is 11.6 Å². The second-order valence-corrected chi connectivity index (χ2v) is 3.06. The molecule has 0 saturated heterocycles. The fraction of sp³-hybridized carbons (Fsp3) is 0.222. The summed E-state index contributed by atoms with van der Waals surface area (Å²) in [6.45, 7) is 3.72. The second-order valence-electron chi connectivity index (χ2n) is 2.65. The first kappa shape index (κ1) is 9.20. The number of nitrogens with zero attached hydrogens (tertiary/aromatic N) is 1. The van der Waals surface area contributed by atoms with Crippen LogP contribution in [0.15, 0.2) is 23.2 Å². The standard InChI is InChI=1S/C9H9ClFN/c1-6(2)12-9-4-3-7(11)5-8(9)10/h3-5H,1-2H3. The first-order chi connectivity index (χ1) is 5.59. The minimum atomic E-state index is -0.340. The first-order valence-corrected chi connectivity index (χ1v) is 3.94. The summed E-state index contributed by atoms with van der Waals surface area (Å²) in [4.78, 5) is 4.12. The molecule has 0 aliphatic carbocycles. The van der Waals surface area contributed by atoms with E-state index in [0.29, 0.717) is 10.7 Å². The summed E-state index contributed by atoms with van der Waals surface area (Å²) in [5, 5.41) is 0.344. The van der Waals surface area contributed by atoms with Crippen molar-refractivity contribution in [3.05, 3.63) is 29.0 Å². The van der Waals surface area contributed by atoms with Gasteiger partial charge in [-0.25, -0.2) is 4.39 Å². The Hall–Kier alpha value is -0.890. The molecule has 0 heterocycles. The third-order valence-electron chi connectivity index (χ3n) is 1.25. The van der Waals surface area contributed by atoms with Gasteiger partial charge in [-0.2, -0.15) is 0 Å². The molecule has 12 heavy (non-hydrogen) atoms. The van der Waals surface area contributed by atoms with Crippen molar-refractivity contribution in [2.24, 2.45) is 4.99 Å². The predicted octanol–water partition coefficient (Wildman–Crippen LogP) is 3.59. The lowest BCUT2D eigenvalue weighted by Gasteiger charge is -1.97. The van der Waals surface area contributed by atoms with Gasteiger partial charge in [0.15, 0.2) is 0 Å². The Morgan fingerprint density at radius 1 is 1.42 bits per heavy atom. The predicted molar refractivity (Wildman–Crippen MR) is 49.9 cm³/mol. The number of hydrogen-bond acceptors (Lipinski definition) is 1. The molecule has 0 atom stereocenters. The third-order valence-corrected chi connectivity index (χ3v) is 1.56. The van der Waals surface area contributed by atoms with Gasteiger partial charge in [-0.15, -0.1) is 0 Å². The number of benzene rings is 1. The van der Waals surface area contributed by atoms with Crippen molar-refractivity contribution in [1.82, 2.24) is 0 Å². The summed E-state index contributed by atoms with van der Waals surface area (Å²) in [5.41, 5.74) is 1.50. The van der Waals surface area contributed by atoms with Gasteiger partial charge < -0.3 is 0 Å². The highest BCUT2D eigenvalue weighted by atomic mass is 35.5. The van der Waals surface area contributed by atoms with E-state index in [0.717, 1.165) is 5.71 Å². The Morgan fingerprint density at radius 3 is 2.58 bits per heavy atom. The van der Waals surface area contributed by atoms with E-state index in [1.54, 1.807) is 6.07 Å². The fourth-order valence-electron chi connectivity index (χ4n) is 0.813. The molecule has 0 aromatic heterocycles. The molecule has 0 fully saturated rings. The molecular formula is C9H9ClFN. The van der Waals surface area contributed by atoms with Gasteiger partial charge >= 0.3 is 0 Å². The molecule has 0 radical (unpaired) electrons. The van der Waals surface area contributed by atoms with Crippen molar-refractivity contribution in [3.63, 3.8) is 0 Å². The number of halogens is 2. The molecule has 1 rings (SSSR count). The van der Waals surface area contributed by atoms with E-state index in [1.165, 1.54) is 12.1 Å². The summed E-state index contributed by atoms with van der Waals surface area (Å²) in [7, 11) is 0. The van der Waals surface area contributed by atoms with Crippen LogP contribution < -0.4 is 0 Å². The van der Waals surface area contributed by atoms with Gasteiger partial charge in [0.1, 0.15) is 5.82 Å². The summed E-state index contributed by atoms with van der Waals surface area (Å²) in [6, 6.07) is 4.15. The summed E-state index contributed by atoms with van der Waals surface area (Å²) in [6.07, 6.45) is 0. The molecule has 3 heteroatoms. The van der Waals surface area contributed by atoms with Crippen molar-refractivity contribution in [3.8, 4) is 0 Å². The van der Waals surface area contributed by atoms with Gasteiger partial charge in [-0.3, -0.25) is 4.99 Å². The molecular weight excluding hydrogens is 177 g/mol. The molecule has 0 aliphatic rings. The van der Waals surface area contributed by atoms with Crippen molar-refractivity contribution >= 4 is 23.0 Å². The lowest BCUT2D eigenvalue weighted by Crippen LogP contribution is -1.80. The Labute approximate surface area is 75.9 Å². The van der Waals surface area contributed by atoms with Gasteiger partial charge in [0, 0.05) is 5.71 Å².